The van der Waals surface area contributed by atoms with Crippen LogP contribution in [0.4, 0.5) is 11.4 Å². The zero-order valence-corrected chi connectivity index (χ0v) is 22.0. The molecule has 8 heteroatoms. The number of fused-ring (bicyclic) bond motifs is 2. The van der Waals surface area contributed by atoms with E-state index in [2.05, 4.69) is 40.5 Å². The number of para-hydroxylation sites is 1. The summed E-state index contributed by atoms with van der Waals surface area (Å²) in [6, 6.07) is 22.6. The van der Waals surface area contributed by atoms with Crippen LogP contribution in [0.25, 0.3) is 6.08 Å². The molecule has 2 unspecified atom stereocenters. The number of piperazine rings is 1. The van der Waals surface area contributed by atoms with Gasteiger partial charge in [-0.25, -0.2) is 8.42 Å². The summed E-state index contributed by atoms with van der Waals surface area (Å²) in [5, 5.41) is 0. The van der Waals surface area contributed by atoms with Gasteiger partial charge < -0.3 is 10.6 Å². The van der Waals surface area contributed by atoms with Crippen molar-refractivity contribution in [1.82, 2.24) is 9.80 Å². The van der Waals surface area contributed by atoms with Crippen molar-refractivity contribution in [1.29, 1.82) is 0 Å². The molecule has 3 N–H and O–H groups in total. The molecule has 0 aliphatic carbocycles. The number of rotatable bonds is 8. The highest BCUT2D eigenvalue weighted by molar-refractivity contribution is 7.92. The number of anilines is 2. The molecule has 2 aliphatic rings. The van der Waals surface area contributed by atoms with Crippen molar-refractivity contribution in [3.63, 3.8) is 0 Å². The Balaban J connectivity index is 1.25. The fourth-order valence-corrected chi connectivity index (χ4v) is 6.62. The molecule has 2 atom stereocenters. The third kappa shape index (κ3) is 5.37. The number of benzene rings is 3. The van der Waals surface area contributed by atoms with E-state index >= 15 is 0 Å². The van der Waals surface area contributed by atoms with Gasteiger partial charge in [0.25, 0.3) is 15.9 Å². The number of carbonyl (C=O) groups excluding carboxylic acids is 1. The van der Waals surface area contributed by atoms with Gasteiger partial charge in [0.05, 0.1) is 5.69 Å². The Morgan fingerprint density at radius 3 is 2.32 bits per heavy atom. The predicted molar refractivity (Wildman–Crippen MR) is 152 cm³/mol. The van der Waals surface area contributed by atoms with Crippen molar-refractivity contribution in [2.24, 2.45) is 0 Å². The Morgan fingerprint density at radius 1 is 0.974 bits per heavy atom. The molecule has 196 valence electrons. The van der Waals surface area contributed by atoms with Crippen molar-refractivity contribution >= 4 is 33.4 Å². The lowest BCUT2D eigenvalue weighted by atomic mass is 10.1. The zero-order valence-electron chi connectivity index (χ0n) is 21.2. The standard InChI is InChI=1S/C30H32N4O3S/c1-2-3-10-23-11-7-12-28(29(23)31)38(36,37)32-25-15-13-24(14-16-25)30(35)33-20-26-17-18-27(21-33)34(26)19-22-8-5-4-6-9-22/h2-16,26-27,32H,1,17-21,31H2/b10-3-. The van der Waals surface area contributed by atoms with Crippen LogP contribution < -0.4 is 10.5 Å². The molecule has 38 heavy (non-hydrogen) atoms. The third-order valence-electron chi connectivity index (χ3n) is 7.31. The van der Waals surface area contributed by atoms with E-state index in [0.29, 0.717) is 42.0 Å². The summed E-state index contributed by atoms with van der Waals surface area (Å²) in [4.78, 5) is 17.8. The van der Waals surface area contributed by atoms with E-state index in [1.165, 1.54) is 11.6 Å². The Labute approximate surface area is 224 Å². The van der Waals surface area contributed by atoms with Crippen LogP contribution in [0.5, 0.6) is 0 Å². The number of allylic oxidation sites excluding steroid dienone is 2. The molecule has 2 bridgehead atoms. The molecule has 2 aliphatic heterocycles. The van der Waals surface area contributed by atoms with Gasteiger partial charge in [0.15, 0.2) is 0 Å². The molecule has 7 nitrogen and oxygen atoms in total. The van der Waals surface area contributed by atoms with Gasteiger partial charge in [0, 0.05) is 43.0 Å². The number of hydrogen-bond donors (Lipinski definition) is 2. The number of nitrogens with one attached hydrogen (secondary N) is 1. The van der Waals surface area contributed by atoms with E-state index in [4.69, 9.17) is 5.73 Å². The highest BCUT2D eigenvalue weighted by atomic mass is 32.2. The Morgan fingerprint density at radius 2 is 1.66 bits per heavy atom. The van der Waals surface area contributed by atoms with E-state index in [-0.39, 0.29) is 16.5 Å². The van der Waals surface area contributed by atoms with Crippen molar-refractivity contribution in [3.8, 4) is 0 Å². The number of amides is 1. The smallest absolute Gasteiger partial charge is 0.263 e. The first kappa shape index (κ1) is 25.8. The summed E-state index contributed by atoms with van der Waals surface area (Å²) in [7, 11) is -3.92. The summed E-state index contributed by atoms with van der Waals surface area (Å²) >= 11 is 0. The Hall–Kier alpha value is -3.88. The zero-order chi connectivity index (χ0) is 26.7. The molecule has 3 aromatic carbocycles. The van der Waals surface area contributed by atoms with Gasteiger partial charge in [0.2, 0.25) is 0 Å². The molecular weight excluding hydrogens is 496 g/mol. The first-order valence-electron chi connectivity index (χ1n) is 12.7. The van der Waals surface area contributed by atoms with Gasteiger partial charge in [-0.2, -0.15) is 0 Å². The lowest BCUT2D eigenvalue weighted by molar-refractivity contribution is 0.0424. The molecule has 3 aromatic rings. The maximum atomic E-state index is 13.3. The number of likely N-dealkylation sites (tertiary alicyclic amines) is 1. The van der Waals surface area contributed by atoms with Crippen molar-refractivity contribution in [2.45, 2.75) is 36.4 Å². The summed E-state index contributed by atoms with van der Waals surface area (Å²) in [6.07, 6.45) is 7.18. The third-order valence-corrected chi connectivity index (χ3v) is 8.75. The van der Waals surface area contributed by atoms with Crippen molar-refractivity contribution < 1.29 is 13.2 Å². The largest absolute Gasteiger partial charge is 0.397 e. The lowest BCUT2D eigenvalue weighted by Crippen LogP contribution is -2.54. The van der Waals surface area contributed by atoms with E-state index in [1.807, 2.05) is 11.0 Å². The minimum atomic E-state index is -3.92. The molecule has 0 spiro atoms. The van der Waals surface area contributed by atoms with E-state index < -0.39 is 10.0 Å². The lowest BCUT2D eigenvalue weighted by Gasteiger charge is -2.41. The van der Waals surface area contributed by atoms with Crippen LogP contribution in [-0.2, 0) is 16.6 Å². The summed E-state index contributed by atoms with van der Waals surface area (Å²) in [6.45, 7) is 5.93. The van der Waals surface area contributed by atoms with Crippen LogP contribution in [0.3, 0.4) is 0 Å². The summed E-state index contributed by atoms with van der Waals surface area (Å²) < 4.78 is 28.7. The molecule has 5 rings (SSSR count). The van der Waals surface area contributed by atoms with E-state index in [1.54, 1.807) is 54.6 Å². The normalized spacial score (nSPS) is 19.5. The quantitative estimate of drug-likeness (QED) is 0.325. The molecule has 0 radical (unpaired) electrons. The maximum Gasteiger partial charge on any atom is 0.263 e. The Bertz CT molecular complexity index is 1440. The minimum Gasteiger partial charge on any atom is -0.397 e. The van der Waals surface area contributed by atoms with Crippen molar-refractivity contribution in [3.05, 3.63) is 108 Å². The fraction of sp³-hybridized carbons (Fsp3) is 0.233. The second-order valence-corrected chi connectivity index (χ2v) is 11.4. The second-order valence-electron chi connectivity index (χ2n) is 9.79. The van der Waals surface area contributed by atoms with Crippen LogP contribution in [0, 0.1) is 0 Å². The van der Waals surface area contributed by atoms with Gasteiger partial charge in [-0.15, -0.1) is 0 Å². The van der Waals surface area contributed by atoms with Gasteiger partial charge in [-0.05, 0) is 54.3 Å². The highest BCUT2D eigenvalue weighted by Crippen LogP contribution is 2.32. The highest BCUT2D eigenvalue weighted by Gasteiger charge is 2.41. The van der Waals surface area contributed by atoms with E-state index in [9.17, 15) is 13.2 Å². The molecule has 0 aromatic heterocycles. The maximum absolute atomic E-state index is 13.3. The Kier molecular flexibility index (Phi) is 7.35. The van der Waals surface area contributed by atoms with Crippen LogP contribution in [-0.4, -0.2) is 49.3 Å². The minimum absolute atomic E-state index is 0.00675. The number of nitrogens with zero attached hydrogens (tertiary/aromatic N) is 2. The van der Waals surface area contributed by atoms with E-state index in [0.717, 1.165) is 19.4 Å². The number of carbonyl (C=O) groups is 1. The van der Waals surface area contributed by atoms with Crippen LogP contribution in [0.2, 0.25) is 0 Å². The van der Waals surface area contributed by atoms with Crippen molar-refractivity contribution in [2.75, 3.05) is 23.5 Å². The predicted octanol–water partition coefficient (Wildman–Crippen LogP) is 4.76. The van der Waals surface area contributed by atoms with Gasteiger partial charge >= 0.3 is 0 Å². The monoisotopic (exact) mass is 528 g/mol. The SMILES string of the molecule is C=C/C=C\c1cccc(S(=O)(=O)Nc2ccc(C(=O)N3CC4CCC(C3)N4Cc3ccccc3)cc2)c1N. The first-order chi connectivity index (χ1) is 18.4. The van der Waals surface area contributed by atoms with Gasteiger partial charge in [-0.3, -0.25) is 14.4 Å². The average Bonchev–Trinajstić information content (AvgIpc) is 3.14. The number of sulfonamides is 1. The topological polar surface area (TPSA) is 95.7 Å². The van der Waals surface area contributed by atoms with Crippen LogP contribution in [0.15, 0.2) is 96.4 Å². The summed E-state index contributed by atoms with van der Waals surface area (Å²) in [5.74, 6) is -0.0263. The second kappa shape index (κ2) is 10.8. The summed E-state index contributed by atoms with van der Waals surface area (Å²) in [5.41, 5.74) is 9.08. The van der Waals surface area contributed by atoms with Gasteiger partial charge in [0.1, 0.15) is 4.90 Å². The first-order valence-corrected chi connectivity index (χ1v) is 14.2. The van der Waals surface area contributed by atoms with Gasteiger partial charge in [-0.1, -0.05) is 67.3 Å². The number of nitrogen functional groups attached to an aromatic ring is 1. The molecule has 0 saturated carbocycles. The average molecular weight is 529 g/mol. The fourth-order valence-electron chi connectivity index (χ4n) is 5.39. The number of nitrogens with two attached hydrogens (primary N) is 1. The molecule has 2 saturated heterocycles. The van der Waals surface area contributed by atoms with Crippen LogP contribution >= 0.6 is 0 Å². The molecule has 1 amide bonds. The molecular formula is C30H32N4O3S. The molecule has 2 heterocycles. The van der Waals surface area contributed by atoms with Crippen LogP contribution in [0.1, 0.15) is 34.3 Å². The molecule has 2 fully saturated rings. The number of hydrogen-bond acceptors (Lipinski definition) is 5.